The summed E-state index contributed by atoms with van der Waals surface area (Å²) in [5.41, 5.74) is 0.452. The maximum atomic E-state index is 11.7. The molecule has 2 atom stereocenters. The fourth-order valence-corrected chi connectivity index (χ4v) is 2.06. The summed E-state index contributed by atoms with van der Waals surface area (Å²) < 4.78 is 8.76. The van der Waals surface area contributed by atoms with Crippen LogP contribution in [0, 0.1) is 0 Å². The summed E-state index contributed by atoms with van der Waals surface area (Å²) in [6.45, 7) is 0. The second-order valence-corrected chi connectivity index (χ2v) is 5.44. The van der Waals surface area contributed by atoms with E-state index in [2.05, 4.69) is 9.47 Å². The number of carbonyl (C=O) groups excluding carboxylic acids is 4. The van der Waals surface area contributed by atoms with Crippen molar-refractivity contribution in [3.8, 4) is 0 Å². The van der Waals surface area contributed by atoms with Gasteiger partial charge < -0.3 is 19.7 Å². The Morgan fingerprint density at radius 3 is 1.29 bits per heavy atom. The molecule has 0 saturated heterocycles. The van der Waals surface area contributed by atoms with Crippen molar-refractivity contribution < 1.29 is 38.9 Å². The second kappa shape index (κ2) is 9.91. The van der Waals surface area contributed by atoms with Gasteiger partial charge in [-0.05, 0) is 11.1 Å². The number of ether oxygens (including phenoxy) is 2. The lowest BCUT2D eigenvalue weighted by atomic mass is 10.1. The van der Waals surface area contributed by atoms with Gasteiger partial charge in [0.25, 0.3) is 0 Å². The van der Waals surface area contributed by atoms with Crippen LogP contribution in [0.4, 0.5) is 0 Å². The van der Waals surface area contributed by atoms with E-state index in [9.17, 15) is 29.4 Å². The molecule has 0 aromatic heterocycles. The topological polar surface area (TPSA) is 127 Å². The Morgan fingerprint density at radius 2 is 0.964 bits per heavy atom. The van der Waals surface area contributed by atoms with Crippen LogP contribution < -0.4 is 0 Å². The molecule has 0 unspecified atom stereocenters. The van der Waals surface area contributed by atoms with E-state index in [0.717, 1.165) is 0 Å². The predicted molar refractivity (Wildman–Crippen MR) is 94.1 cm³/mol. The predicted octanol–water partition coefficient (Wildman–Crippen LogP) is 1.15. The Kier molecular flexibility index (Phi) is 7.32. The van der Waals surface area contributed by atoms with Crippen molar-refractivity contribution in [1.82, 2.24) is 0 Å². The van der Waals surface area contributed by atoms with E-state index in [0.29, 0.717) is 12.2 Å². The normalized spacial score (nSPS) is 12.8. The quantitative estimate of drug-likeness (QED) is 0.431. The molecule has 144 valence electrons. The smallest absolute Gasteiger partial charge is 0.347 e. The minimum Gasteiger partial charge on any atom is -0.388 e. The van der Waals surface area contributed by atoms with Crippen molar-refractivity contribution in [2.75, 3.05) is 0 Å². The highest BCUT2D eigenvalue weighted by molar-refractivity contribution is 6.00. The second-order valence-electron chi connectivity index (χ2n) is 5.44. The Morgan fingerprint density at radius 1 is 0.643 bits per heavy atom. The van der Waals surface area contributed by atoms with Crippen LogP contribution in [0.3, 0.4) is 0 Å². The van der Waals surface area contributed by atoms with Gasteiger partial charge in [0.2, 0.25) is 0 Å². The van der Waals surface area contributed by atoms with Gasteiger partial charge in [-0.3, -0.25) is 0 Å². The molecule has 0 saturated carbocycles. The van der Waals surface area contributed by atoms with E-state index >= 15 is 0 Å². The molecule has 0 spiro atoms. The zero-order chi connectivity index (χ0) is 20.5. The van der Waals surface area contributed by atoms with Gasteiger partial charge in [0.1, 0.15) is 0 Å². The van der Waals surface area contributed by atoms with Gasteiger partial charge in [0.05, 0.1) is 0 Å². The molecule has 0 heterocycles. The third-order valence-corrected chi connectivity index (χ3v) is 3.44. The van der Waals surface area contributed by atoms with Gasteiger partial charge in [0.15, 0.2) is 12.2 Å². The Labute approximate surface area is 159 Å². The highest BCUT2D eigenvalue weighted by atomic mass is 16.6. The lowest BCUT2D eigenvalue weighted by molar-refractivity contribution is -0.165. The maximum Gasteiger partial charge on any atom is 0.347 e. The molecule has 8 nitrogen and oxygen atoms in total. The first-order valence-electron chi connectivity index (χ1n) is 8.04. The fraction of sp³-hybridized carbons (Fsp3) is 0.100. The summed E-state index contributed by atoms with van der Waals surface area (Å²) >= 11 is 0. The summed E-state index contributed by atoms with van der Waals surface area (Å²) in [5, 5.41) is 19.6. The first kappa shape index (κ1) is 20.7. The van der Waals surface area contributed by atoms with E-state index < -0.39 is 36.1 Å². The molecule has 2 aromatic rings. The average molecular weight is 384 g/mol. The number of esters is 4. The summed E-state index contributed by atoms with van der Waals surface area (Å²) in [7, 11) is 0. The monoisotopic (exact) mass is 384 g/mol. The fourth-order valence-electron chi connectivity index (χ4n) is 2.06. The van der Waals surface area contributed by atoms with Crippen LogP contribution in [0.1, 0.15) is 23.3 Å². The van der Waals surface area contributed by atoms with Crippen LogP contribution in [-0.2, 0) is 28.7 Å². The van der Waals surface area contributed by atoms with Gasteiger partial charge in [-0.1, -0.05) is 60.7 Å². The van der Waals surface area contributed by atoms with Gasteiger partial charge >= 0.3 is 23.9 Å². The molecule has 8 heteroatoms. The van der Waals surface area contributed by atoms with Crippen molar-refractivity contribution in [3.05, 3.63) is 83.9 Å². The van der Waals surface area contributed by atoms with Crippen LogP contribution >= 0.6 is 0 Å². The first-order chi connectivity index (χ1) is 13.4. The van der Waals surface area contributed by atoms with Gasteiger partial charge in [-0.25, -0.2) is 19.2 Å². The Bertz CT molecular complexity index is 800. The Balaban J connectivity index is 1.85. The molecular weight excluding hydrogens is 368 g/mol. The number of aliphatic hydroxyl groups is 2. The van der Waals surface area contributed by atoms with Crippen molar-refractivity contribution in [3.63, 3.8) is 0 Å². The summed E-state index contributed by atoms with van der Waals surface area (Å²) in [5.74, 6) is -4.95. The van der Waals surface area contributed by atoms with Crippen molar-refractivity contribution in [1.29, 1.82) is 0 Å². The standard InChI is InChI=1S/C20H16O8/c21-15(27-19(25)17(23)13-7-3-1-4-8-13)11-12-16(22)28-20(26)18(24)14-9-5-2-6-10-14/h1-12,17-18,23-24H/b12-11-/t17-,18-/m1/s1. The third-order valence-electron chi connectivity index (χ3n) is 3.44. The average Bonchev–Trinajstić information content (AvgIpc) is 2.72. The highest BCUT2D eigenvalue weighted by Gasteiger charge is 2.22. The molecule has 2 N–H and O–H groups in total. The highest BCUT2D eigenvalue weighted by Crippen LogP contribution is 2.15. The number of aliphatic hydroxyl groups excluding tert-OH is 2. The lowest BCUT2D eigenvalue weighted by Gasteiger charge is -2.09. The molecule has 0 fully saturated rings. The summed E-state index contributed by atoms with van der Waals surface area (Å²) in [4.78, 5) is 46.5. The van der Waals surface area contributed by atoms with E-state index in [-0.39, 0.29) is 11.1 Å². The third kappa shape index (κ3) is 5.97. The van der Waals surface area contributed by atoms with Crippen LogP contribution in [0.2, 0.25) is 0 Å². The molecule has 2 aromatic carbocycles. The van der Waals surface area contributed by atoms with E-state index in [4.69, 9.17) is 0 Å². The number of carbonyl (C=O) groups is 4. The van der Waals surface area contributed by atoms with E-state index in [1.165, 1.54) is 24.3 Å². The van der Waals surface area contributed by atoms with Crippen LogP contribution in [0.5, 0.6) is 0 Å². The minimum absolute atomic E-state index is 0.226. The first-order valence-corrected chi connectivity index (χ1v) is 8.04. The Hall–Kier alpha value is -3.62. The number of rotatable bonds is 6. The van der Waals surface area contributed by atoms with Gasteiger partial charge in [-0.15, -0.1) is 0 Å². The molecule has 0 radical (unpaired) electrons. The molecule has 0 aliphatic heterocycles. The van der Waals surface area contributed by atoms with Gasteiger partial charge in [-0.2, -0.15) is 0 Å². The SMILES string of the molecule is O=C(/C=C\C(=O)OC(=O)[C@H](O)c1ccccc1)OC(=O)[C@H](O)c1ccccc1. The minimum atomic E-state index is -1.67. The zero-order valence-corrected chi connectivity index (χ0v) is 14.4. The van der Waals surface area contributed by atoms with Crippen molar-refractivity contribution in [2.45, 2.75) is 12.2 Å². The van der Waals surface area contributed by atoms with Crippen LogP contribution in [-0.4, -0.2) is 34.1 Å². The number of hydrogen-bond acceptors (Lipinski definition) is 8. The van der Waals surface area contributed by atoms with Crippen LogP contribution in [0.25, 0.3) is 0 Å². The number of benzene rings is 2. The molecule has 0 aliphatic rings. The van der Waals surface area contributed by atoms with Crippen molar-refractivity contribution in [2.24, 2.45) is 0 Å². The molecule has 0 aliphatic carbocycles. The van der Waals surface area contributed by atoms with Crippen LogP contribution in [0.15, 0.2) is 72.8 Å². The summed E-state index contributed by atoms with van der Waals surface area (Å²) in [6, 6.07) is 15.6. The van der Waals surface area contributed by atoms with Crippen molar-refractivity contribution >= 4 is 23.9 Å². The molecule has 0 amide bonds. The van der Waals surface area contributed by atoms with E-state index in [1.54, 1.807) is 36.4 Å². The van der Waals surface area contributed by atoms with Gasteiger partial charge in [0, 0.05) is 12.2 Å². The summed E-state index contributed by atoms with van der Waals surface area (Å²) in [6.07, 6.45) is -2.23. The maximum absolute atomic E-state index is 11.7. The molecule has 28 heavy (non-hydrogen) atoms. The van der Waals surface area contributed by atoms with E-state index in [1.807, 2.05) is 0 Å². The molecule has 2 rings (SSSR count). The zero-order valence-electron chi connectivity index (χ0n) is 14.4. The lowest BCUT2D eigenvalue weighted by Crippen LogP contribution is -2.20. The largest absolute Gasteiger partial charge is 0.388 e. The molecule has 0 bridgehead atoms. The number of hydrogen-bond donors (Lipinski definition) is 2. The molecular formula is C20H16O8.